The van der Waals surface area contributed by atoms with Crippen LogP contribution in [-0.4, -0.2) is 44.7 Å². The predicted octanol–water partition coefficient (Wildman–Crippen LogP) is 1.69. The molecule has 0 saturated heterocycles. The summed E-state index contributed by atoms with van der Waals surface area (Å²) >= 11 is 0. The minimum absolute atomic E-state index is 0.205. The molecule has 0 spiro atoms. The lowest BCUT2D eigenvalue weighted by Crippen LogP contribution is -2.37. The summed E-state index contributed by atoms with van der Waals surface area (Å²) in [5.74, 6) is -2.16. The molecule has 8 nitrogen and oxygen atoms in total. The fourth-order valence-corrected chi connectivity index (χ4v) is 2.59. The Morgan fingerprint density at radius 3 is 2.38 bits per heavy atom. The molecule has 0 N–H and O–H groups in total. The van der Waals surface area contributed by atoms with Crippen LogP contribution in [0.4, 0.5) is 0 Å². The molecule has 0 atom stereocenters. The first-order chi connectivity index (χ1) is 11.4. The van der Waals surface area contributed by atoms with E-state index in [4.69, 9.17) is 9.47 Å². The van der Waals surface area contributed by atoms with E-state index in [-0.39, 0.29) is 19.6 Å². The van der Waals surface area contributed by atoms with Crippen molar-refractivity contribution in [3.63, 3.8) is 0 Å². The van der Waals surface area contributed by atoms with Gasteiger partial charge >= 0.3 is 11.9 Å². The smallest absolute Gasteiger partial charge is 0.320 e. The van der Waals surface area contributed by atoms with Crippen LogP contribution < -0.4 is 0 Å². The molecule has 0 amide bonds. The summed E-state index contributed by atoms with van der Waals surface area (Å²) in [4.78, 5) is 36.7. The molecule has 0 saturated carbocycles. The minimum Gasteiger partial charge on any atom is -0.465 e. The van der Waals surface area contributed by atoms with Crippen LogP contribution in [0, 0.1) is 5.92 Å². The number of rotatable bonds is 7. The summed E-state index contributed by atoms with van der Waals surface area (Å²) in [6.45, 7) is 7.63. The van der Waals surface area contributed by atoms with Crippen molar-refractivity contribution in [3.05, 3.63) is 18.9 Å². The fraction of sp³-hybridized carbons (Fsp3) is 0.562. The highest BCUT2D eigenvalue weighted by molar-refractivity contribution is 5.95. The third-order valence-electron chi connectivity index (χ3n) is 3.73. The third kappa shape index (κ3) is 3.69. The van der Waals surface area contributed by atoms with Gasteiger partial charge in [0.1, 0.15) is 11.8 Å². The van der Waals surface area contributed by atoms with E-state index in [2.05, 4.69) is 15.0 Å². The molecule has 24 heavy (non-hydrogen) atoms. The lowest BCUT2D eigenvalue weighted by Gasteiger charge is -2.30. The number of ether oxygens (including phenoxy) is 2. The summed E-state index contributed by atoms with van der Waals surface area (Å²) < 4.78 is 11.9. The Morgan fingerprint density at radius 2 is 1.79 bits per heavy atom. The second-order valence-electron chi connectivity index (χ2n) is 5.92. The standard InChI is InChI=1S/C16H22N4O4/c1-5-23-14(21)11(15(22)24-6-2)7-16(3,4)20-10-19-13-12(20)8-17-9-18-13/h8-11H,5-7H2,1-4H3. The molecule has 8 heteroatoms. The van der Waals surface area contributed by atoms with E-state index in [1.807, 2.05) is 18.4 Å². The van der Waals surface area contributed by atoms with Gasteiger partial charge in [-0.3, -0.25) is 9.59 Å². The predicted molar refractivity (Wildman–Crippen MR) is 86.0 cm³/mol. The van der Waals surface area contributed by atoms with Gasteiger partial charge in [0, 0.05) is 5.54 Å². The molecule has 0 aromatic carbocycles. The number of carbonyl (C=O) groups is 2. The zero-order valence-electron chi connectivity index (χ0n) is 14.4. The third-order valence-corrected chi connectivity index (χ3v) is 3.73. The molecule has 2 aromatic rings. The highest BCUT2D eigenvalue weighted by Gasteiger charge is 2.37. The van der Waals surface area contributed by atoms with Gasteiger partial charge in [-0.2, -0.15) is 0 Å². The maximum Gasteiger partial charge on any atom is 0.320 e. The van der Waals surface area contributed by atoms with Crippen molar-refractivity contribution < 1.29 is 19.1 Å². The van der Waals surface area contributed by atoms with Gasteiger partial charge in [-0.15, -0.1) is 0 Å². The van der Waals surface area contributed by atoms with Crippen molar-refractivity contribution in [1.82, 2.24) is 19.5 Å². The van der Waals surface area contributed by atoms with Gasteiger partial charge in [0.15, 0.2) is 11.6 Å². The molecule has 0 aliphatic carbocycles. The second kappa shape index (κ2) is 7.37. The van der Waals surface area contributed by atoms with Crippen LogP contribution in [0.3, 0.4) is 0 Å². The molecule has 2 heterocycles. The van der Waals surface area contributed by atoms with Gasteiger partial charge < -0.3 is 14.0 Å². The number of nitrogens with zero attached hydrogens (tertiary/aromatic N) is 4. The lowest BCUT2D eigenvalue weighted by atomic mass is 9.90. The van der Waals surface area contributed by atoms with Crippen LogP contribution in [0.1, 0.15) is 34.1 Å². The molecule has 0 radical (unpaired) electrons. The SMILES string of the molecule is CCOC(=O)C(CC(C)(C)n1cnc2ncncc21)C(=O)OCC. The summed E-state index contributed by atoms with van der Waals surface area (Å²) in [6.07, 6.45) is 4.92. The average Bonchev–Trinajstić information content (AvgIpc) is 2.98. The monoisotopic (exact) mass is 334 g/mol. The van der Waals surface area contributed by atoms with Crippen molar-refractivity contribution in [2.75, 3.05) is 13.2 Å². The fourth-order valence-electron chi connectivity index (χ4n) is 2.59. The zero-order chi connectivity index (χ0) is 17.7. The Labute approximate surface area is 140 Å². The number of aromatic nitrogens is 4. The molecule has 0 aliphatic heterocycles. The maximum absolute atomic E-state index is 12.2. The molecule has 130 valence electrons. The van der Waals surface area contributed by atoms with E-state index in [1.165, 1.54) is 6.33 Å². The van der Waals surface area contributed by atoms with Crippen molar-refractivity contribution in [1.29, 1.82) is 0 Å². The van der Waals surface area contributed by atoms with Crippen LogP contribution in [0.25, 0.3) is 11.2 Å². The average molecular weight is 334 g/mol. The van der Waals surface area contributed by atoms with E-state index < -0.39 is 23.4 Å². The van der Waals surface area contributed by atoms with Gasteiger partial charge in [0.05, 0.1) is 25.7 Å². The summed E-state index contributed by atoms with van der Waals surface area (Å²) in [6, 6.07) is 0. The second-order valence-corrected chi connectivity index (χ2v) is 5.92. The van der Waals surface area contributed by atoms with Crippen LogP contribution in [-0.2, 0) is 24.6 Å². The van der Waals surface area contributed by atoms with E-state index in [0.29, 0.717) is 5.65 Å². The molecule has 0 aliphatic rings. The highest BCUT2D eigenvalue weighted by atomic mass is 16.6. The van der Waals surface area contributed by atoms with Gasteiger partial charge in [-0.25, -0.2) is 15.0 Å². The summed E-state index contributed by atoms with van der Waals surface area (Å²) in [7, 11) is 0. The first kappa shape index (κ1) is 17.8. The van der Waals surface area contributed by atoms with Gasteiger partial charge in [0.2, 0.25) is 0 Å². The van der Waals surface area contributed by atoms with Crippen LogP contribution in [0.15, 0.2) is 18.9 Å². The quantitative estimate of drug-likeness (QED) is 0.561. The van der Waals surface area contributed by atoms with Gasteiger partial charge in [-0.05, 0) is 34.1 Å². The van der Waals surface area contributed by atoms with Gasteiger partial charge in [0.25, 0.3) is 0 Å². The van der Waals surface area contributed by atoms with E-state index >= 15 is 0 Å². The van der Waals surface area contributed by atoms with Crippen LogP contribution >= 0.6 is 0 Å². The van der Waals surface area contributed by atoms with E-state index in [0.717, 1.165) is 5.52 Å². The number of hydrogen-bond acceptors (Lipinski definition) is 7. The van der Waals surface area contributed by atoms with Crippen molar-refractivity contribution in [2.45, 2.75) is 39.7 Å². The van der Waals surface area contributed by atoms with E-state index in [9.17, 15) is 9.59 Å². The Hall–Kier alpha value is -2.51. The number of esters is 2. The van der Waals surface area contributed by atoms with Crippen molar-refractivity contribution >= 4 is 23.1 Å². The zero-order valence-corrected chi connectivity index (χ0v) is 14.4. The Balaban J connectivity index is 2.32. The number of imidazole rings is 1. The largest absolute Gasteiger partial charge is 0.465 e. The summed E-state index contributed by atoms with van der Waals surface area (Å²) in [5.41, 5.74) is 0.694. The topological polar surface area (TPSA) is 96.2 Å². The molecule has 0 bridgehead atoms. The van der Waals surface area contributed by atoms with Gasteiger partial charge in [-0.1, -0.05) is 0 Å². The summed E-state index contributed by atoms with van der Waals surface area (Å²) in [5, 5.41) is 0. The molecule has 2 aromatic heterocycles. The van der Waals surface area contributed by atoms with Crippen molar-refractivity contribution in [2.24, 2.45) is 5.92 Å². The molecule has 0 fully saturated rings. The number of carbonyl (C=O) groups excluding carboxylic acids is 2. The highest BCUT2D eigenvalue weighted by Crippen LogP contribution is 2.29. The Bertz CT molecular complexity index is 708. The van der Waals surface area contributed by atoms with Crippen LogP contribution in [0.5, 0.6) is 0 Å². The number of fused-ring (bicyclic) bond motifs is 1. The molecular formula is C16H22N4O4. The number of hydrogen-bond donors (Lipinski definition) is 0. The normalized spacial score (nSPS) is 11.7. The van der Waals surface area contributed by atoms with Crippen molar-refractivity contribution in [3.8, 4) is 0 Å². The van der Waals surface area contributed by atoms with E-state index in [1.54, 1.807) is 26.4 Å². The first-order valence-electron chi connectivity index (χ1n) is 7.87. The Morgan fingerprint density at radius 1 is 1.17 bits per heavy atom. The minimum atomic E-state index is -0.998. The first-order valence-corrected chi connectivity index (χ1v) is 7.87. The molecule has 2 rings (SSSR count). The molecule has 0 unspecified atom stereocenters. The Kier molecular flexibility index (Phi) is 5.48. The van der Waals surface area contributed by atoms with Crippen LogP contribution in [0.2, 0.25) is 0 Å². The molecular weight excluding hydrogens is 312 g/mol. The maximum atomic E-state index is 12.2. The lowest BCUT2D eigenvalue weighted by molar-refractivity contribution is -0.163.